The largest absolute Gasteiger partial charge is 0.350 e. The van der Waals surface area contributed by atoms with Gasteiger partial charge in [0.25, 0.3) is 0 Å². The second kappa shape index (κ2) is 6.92. The molecule has 19 heavy (non-hydrogen) atoms. The molecule has 0 radical (unpaired) electrons. The van der Waals surface area contributed by atoms with Gasteiger partial charge in [-0.05, 0) is 38.3 Å². The molecule has 1 aromatic carbocycles. The van der Waals surface area contributed by atoms with Crippen LogP contribution in [0.25, 0.3) is 0 Å². The lowest BCUT2D eigenvalue weighted by Gasteiger charge is -2.26. The molecule has 1 aliphatic rings. The number of nitrogens with one attached hydrogen (secondary N) is 2. The zero-order valence-corrected chi connectivity index (χ0v) is 12.5. The van der Waals surface area contributed by atoms with Crippen molar-refractivity contribution in [2.24, 2.45) is 0 Å². The molecule has 1 aliphatic heterocycles. The maximum Gasteiger partial charge on any atom is 0.240 e. The number of hydrogen-bond donors (Lipinski definition) is 2. The smallest absolute Gasteiger partial charge is 0.240 e. The maximum absolute atomic E-state index is 12.3. The van der Waals surface area contributed by atoms with Crippen molar-refractivity contribution in [3.05, 3.63) is 35.4 Å². The van der Waals surface area contributed by atoms with Gasteiger partial charge in [-0.15, -0.1) is 12.4 Å². The summed E-state index contributed by atoms with van der Waals surface area (Å²) >= 11 is 0. The number of rotatable bonds is 4. The van der Waals surface area contributed by atoms with Crippen LogP contribution in [0.15, 0.2) is 24.3 Å². The van der Waals surface area contributed by atoms with Gasteiger partial charge in [-0.3, -0.25) is 4.79 Å². The van der Waals surface area contributed by atoms with Gasteiger partial charge in [0.05, 0.1) is 5.54 Å². The van der Waals surface area contributed by atoms with Crippen molar-refractivity contribution in [3.63, 3.8) is 0 Å². The minimum absolute atomic E-state index is 0. The molecule has 2 rings (SSSR count). The highest BCUT2D eigenvalue weighted by molar-refractivity contribution is 5.86. The molecule has 1 aromatic rings. The van der Waals surface area contributed by atoms with Gasteiger partial charge < -0.3 is 10.6 Å². The van der Waals surface area contributed by atoms with Gasteiger partial charge in [0.1, 0.15) is 0 Å². The van der Waals surface area contributed by atoms with Crippen LogP contribution in [0, 0.1) is 6.92 Å². The molecule has 1 amide bonds. The summed E-state index contributed by atoms with van der Waals surface area (Å²) in [4.78, 5) is 12.3. The van der Waals surface area contributed by atoms with Crippen LogP contribution in [0.4, 0.5) is 0 Å². The molecule has 0 bridgehead atoms. The number of halogens is 1. The highest BCUT2D eigenvalue weighted by Crippen LogP contribution is 2.23. The molecule has 4 heteroatoms. The molecular formula is C15H23ClN2O. The number of amides is 1. The first-order chi connectivity index (χ1) is 8.66. The third-order valence-corrected chi connectivity index (χ3v) is 3.82. The Morgan fingerprint density at radius 3 is 2.84 bits per heavy atom. The summed E-state index contributed by atoms with van der Waals surface area (Å²) < 4.78 is 0. The van der Waals surface area contributed by atoms with Crippen molar-refractivity contribution >= 4 is 18.3 Å². The first kappa shape index (κ1) is 16.0. The van der Waals surface area contributed by atoms with Crippen molar-refractivity contribution in [2.45, 2.75) is 45.2 Å². The zero-order valence-electron chi connectivity index (χ0n) is 11.7. The molecule has 1 atom stereocenters. The van der Waals surface area contributed by atoms with E-state index in [2.05, 4.69) is 36.6 Å². The SMILES string of the molecule is CCC1(C(=O)NCc2cccc(C)c2)CCCN1.Cl. The number of aryl methyl sites for hydroxylation is 1. The molecule has 1 saturated heterocycles. The maximum atomic E-state index is 12.3. The lowest BCUT2D eigenvalue weighted by atomic mass is 9.93. The molecule has 0 aliphatic carbocycles. The van der Waals surface area contributed by atoms with Crippen molar-refractivity contribution in [2.75, 3.05) is 6.54 Å². The highest BCUT2D eigenvalue weighted by atomic mass is 35.5. The van der Waals surface area contributed by atoms with Crippen molar-refractivity contribution in [1.82, 2.24) is 10.6 Å². The average Bonchev–Trinajstić information content (AvgIpc) is 2.86. The molecule has 1 unspecified atom stereocenters. The Morgan fingerprint density at radius 2 is 2.26 bits per heavy atom. The number of hydrogen-bond acceptors (Lipinski definition) is 2. The van der Waals surface area contributed by atoms with Crippen LogP contribution in [-0.4, -0.2) is 18.0 Å². The van der Waals surface area contributed by atoms with E-state index < -0.39 is 0 Å². The standard InChI is InChI=1S/C15H22N2O.ClH/c1-3-15(8-5-9-17-15)14(18)16-11-13-7-4-6-12(2)10-13;/h4,6-7,10,17H,3,5,8-9,11H2,1-2H3,(H,16,18);1H. The van der Waals surface area contributed by atoms with E-state index >= 15 is 0 Å². The number of carbonyl (C=O) groups excluding carboxylic acids is 1. The highest BCUT2D eigenvalue weighted by Gasteiger charge is 2.38. The molecule has 0 saturated carbocycles. The van der Waals surface area contributed by atoms with E-state index in [0.717, 1.165) is 31.4 Å². The Balaban J connectivity index is 0.00000180. The fourth-order valence-corrected chi connectivity index (χ4v) is 2.64. The summed E-state index contributed by atoms with van der Waals surface area (Å²) in [5, 5.41) is 6.41. The van der Waals surface area contributed by atoms with Gasteiger partial charge in [0.2, 0.25) is 5.91 Å². The Labute approximate surface area is 121 Å². The molecule has 2 N–H and O–H groups in total. The summed E-state index contributed by atoms with van der Waals surface area (Å²) in [7, 11) is 0. The minimum atomic E-state index is -0.330. The third kappa shape index (κ3) is 3.71. The third-order valence-electron chi connectivity index (χ3n) is 3.82. The Bertz CT molecular complexity index is 428. The second-order valence-electron chi connectivity index (χ2n) is 5.14. The van der Waals surface area contributed by atoms with E-state index in [1.54, 1.807) is 0 Å². The van der Waals surface area contributed by atoms with Crippen LogP contribution in [0.3, 0.4) is 0 Å². The van der Waals surface area contributed by atoms with E-state index in [4.69, 9.17) is 0 Å². The number of benzene rings is 1. The van der Waals surface area contributed by atoms with Gasteiger partial charge in [-0.1, -0.05) is 36.8 Å². The van der Waals surface area contributed by atoms with Crippen LogP contribution in [0.1, 0.15) is 37.3 Å². The monoisotopic (exact) mass is 282 g/mol. The molecule has 106 valence electrons. The minimum Gasteiger partial charge on any atom is -0.350 e. The van der Waals surface area contributed by atoms with Gasteiger partial charge >= 0.3 is 0 Å². The Kier molecular flexibility index (Phi) is 5.83. The lowest BCUT2D eigenvalue weighted by Crippen LogP contribution is -2.52. The Morgan fingerprint density at radius 1 is 1.47 bits per heavy atom. The molecule has 3 nitrogen and oxygen atoms in total. The van der Waals surface area contributed by atoms with Crippen molar-refractivity contribution in [1.29, 1.82) is 0 Å². The van der Waals surface area contributed by atoms with Gasteiger partial charge in [-0.2, -0.15) is 0 Å². The second-order valence-corrected chi connectivity index (χ2v) is 5.14. The zero-order chi connectivity index (χ0) is 13.0. The fraction of sp³-hybridized carbons (Fsp3) is 0.533. The van der Waals surface area contributed by atoms with E-state index in [1.807, 2.05) is 12.1 Å². The summed E-state index contributed by atoms with van der Waals surface area (Å²) in [5.74, 6) is 0.143. The molecule has 1 fully saturated rings. The van der Waals surface area contributed by atoms with Gasteiger partial charge in [0, 0.05) is 6.54 Å². The fourth-order valence-electron chi connectivity index (χ4n) is 2.64. The van der Waals surface area contributed by atoms with Crippen LogP contribution < -0.4 is 10.6 Å². The topological polar surface area (TPSA) is 41.1 Å². The lowest BCUT2D eigenvalue weighted by molar-refractivity contribution is -0.127. The van der Waals surface area contributed by atoms with E-state index in [9.17, 15) is 4.79 Å². The van der Waals surface area contributed by atoms with Crippen molar-refractivity contribution in [3.8, 4) is 0 Å². The predicted molar refractivity (Wildman–Crippen MR) is 80.5 cm³/mol. The average molecular weight is 283 g/mol. The van der Waals surface area contributed by atoms with Crippen LogP contribution in [0.5, 0.6) is 0 Å². The summed E-state index contributed by atoms with van der Waals surface area (Å²) in [5.41, 5.74) is 2.06. The first-order valence-electron chi connectivity index (χ1n) is 6.75. The molecule has 1 heterocycles. The van der Waals surface area contributed by atoms with Crippen LogP contribution in [-0.2, 0) is 11.3 Å². The van der Waals surface area contributed by atoms with Crippen LogP contribution in [0.2, 0.25) is 0 Å². The summed E-state index contributed by atoms with van der Waals surface area (Å²) in [6.45, 7) is 5.71. The van der Waals surface area contributed by atoms with Crippen molar-refractivity contribution < 1.29 is 4.79 Å². The molecular weight excluding hydrogens is 260 g/mol. The van der Waals surface area contributed by atoms with E-state index in [1.165, 1.54) is 5.56 Å². The normalized spacial score (nSPS) is 21.8. The predicted octanol–water partition coefficient (Wildman–Crippen LogP) is 2.57. The Hall–Kier alpha value is -1.06. The van der Waals surface area contributed by atoms with E-state index in [0.29, 0.717) is 6.54 Å². The summed E-state index contributed by atoms with van der Waals surface area (Å²) in [6.07, 6.45) is 2.89. The molecule has 0 aromatic heterocycles. The van der Waals surface area contributed by atoms with E-state index in [-0.39, 0.29) is 23.9 Å². The van der Waals surface area contributed by atoms with Crippen LogP contribution >= 0.6 is 12.4 Å². The first-order valence-corrected chi connectivity index (χ1v) is 6.75. The number of carbonyl (C=O) groups is 1. The van der Waals surface area contributed by atoms with Gasteiger partial charge in [-0.25, -0.2) is 0 Å². The summed E-state index contributed by atoms with van der Waals surface area (Å²) in [6, 6.07) is 8.26. The van der Waals surface area contributed by atoms with Gasteiger partial charge in [0.15, 0.2) is 0 Å². The molecule has 0 spiro atoms. The quantitative estimate of drug-likeness (QED) is 0.891.